The van der Waals surface area contributed by atoms with E-state index in [1.165, 1.54) is 6.07 Å². The van der Waals surface area contributed by atoms with Crippen LogP contribution in [0.25, 0.3) is 0 Å². The van der Waals surface area contributed by atoms with Crippen molar-refractivity contribution in [1.82, 2.24) is 4.98 Å². The van der Waals surface area contributed by atoms with E-state index < -0.39 is 11.7 Å². The van der Waals surface area contributed by atoms with Crippen LogP contribution in [0.2, 0.25) is 0 Å². The van der Waals surface area contributed by atoms with E-state index in [1.54, 1.807) is 0 Å². The fourth-order valence-corrected chi connectivity index (χ4v) is 0.868. The first-order valence-corrected chi connectivity index (χ1v) is 3.96. The molecule has 0 N–H and O–H groups in total. The number of aromatic nitrogens is 1. The largest absolute Gasteiger partial charge is 0.443 e. The van der Waals surface area contributed by atoms with Crippen LogP contribution in [0.1, 0.15) is 12.0 Å². The Morgan fingerprint density at radius 3 is 2.43 bits per heavy atom. The van der Waals surface area contributed by atoms with Gasteiger partial charge in [0.2, 0.25) is 5.88 Å². The molecule has 0 saturated carbocycles. The number of pyridine rings is 1. The molecule has 0 fully saturated rings. The van der Waals surface area contributed by atoms with E-state index in [0.717, 1.165) is 24.4 Å². The van der Waals surface area contributed by atoms with E-state index in [1.807, 2.05) is 6.08 Å². The summed E-state index contributed by atoms with van der Waals surface area (Å²) in [7, 11) is 0. The summed E-state index contributed by atoms with van der Waals surface area (Å²) in [6.07, 6.45) is -1.01. The summed E-state index contributed by atoms with van der Waals surface area (Å²) in [6.45, 7) is 0. The Labute approximate surface area is 78.0 Å². The Morgan fingerprint density at radius 2 is 2.00 bits per heavy atom. The molecule has 0 saturated heterocycles. The SMILES string of the molecule is FC(F)(F)c1ccc(OC2=CC2)nc1. The number of halogens is 3. The highest BCUT2D eigenvalue weighted by Gasteiger charge is 2.30. The van der Waals surface area contributed by atoms with Crippen molar-refractivity contribution in [2.45, 2.75) is 12.6 Å². The molecule has 14 heavy (non-hydrogen) atoms. The number of rotatable bonds is 2. The van der Waals surface area contributed by atoms with Gasteiger partial charge in [-0.25, -0.2) is 4.98 Å². The highest BCUT2D eigenvalue weighted by atomic mass is 19.4. The van der Waals surface area contributed by atoms with Crippen LogP contribution in [-0.4, -0.2) is 4.98 Å². The fourth-order valence-electron chi connectivity index (χ4n) is 0.868. The van der Waals surface area contributed by atoms with Crippen molar-refractivity contribution in [3.63, 3.8) is 0 Å². The maximum Gasteiger partial charge on any atom is 0.417 e. The fraction of sp³-hybridized carbons (Fsp3) is 0.222. The van der Waals surface area contributed by atoms with Gasteiger partial charge in [0.1, 0.15) is 5.76 Å². The Hall–Kier alpha value is -1.52. The van der Waals surface area contributed by atoms with Crippen LogP contribution < -0.4 is 4.74 Å². The molecule has 1 aromatic rings. The van der Waals surface area contributed by atoms with E-state index in [9.17, 15) is 13.2 Å². The van der Waals surface area contributed by atoms with Crippen molar-refractivity contribution in [3.05, 3.63) is 35.7 Å². The molecule has 1 aliphatic rings. The first-order chi connectivity index (χ1) is 6.55. The van der Waals surface area contributed by atoms with Crippen molar-refractivity contribution >= 4 is 0 Å². The molecule has 0 atom stereocenters. The average molecular weight is 201 g/mol. The zero-order valence-corrected chi connectivity index (χ0v) is 7.01. The molecule has 0 spiro atoms. The van der Waals surface area contributed by atoms with Crippen molar-refractivity contribution < 1.29 is 17.9 Å². The molecule has 2 rings (SSSR count). The molecule has 2 nitrogen and oxygen atoms in total. The maximum absolute atomic E-state index is 12.1. The number of hydrogen-bond donors (Lipinski definition) is 0. The van der Waals surface area contributed by atoms with Crippen LogP contribution in [0.4, 0.5) is 13.2 Å². The third-order valence-electron chi connectivity index (χ3n) is 1.67. The molecule has 1 heterocycles. The molecule has 74 valence electrons. The van der Waals surface area contributed by atoms with Crippen LogP contribution in [0.3, 0.4) is 0 Å². The lowest BCUT2D eigenvalue weighted by molar-refractivity contribution is -0.137. The number of hydrogen-bond acceptors (Lipinski definition) is 2. The zero-order valence-electron chi connectivity index (χ0n) is 7.01. The van der Waals surface area contributed by atoms with E-state index in [4.69, 9.17) is 4.74 Å². The van der Waals surface area contributed by atoms with Gasteiger partial charge in [-0.15, -0.1) is 0 Å². The van der Waals surface area contributed by atoms with Gasteiger partial charge in [0.15, 0.2) is 0 Å². The molecule has 5 heteroatoms. The summed E-state index contributed by atoms with van der Waals surface area (Å²) in [6, 6.07) is 2.16. The first-order valence-electron chi connectivity index (χ1n) is 3.96. The van der Waals surface area contributed by atoms with Gasteiger partial charge < -0.3 is 4.74 Å². The van der Waals surface area contributed by atoms with Crippen LogP contribution in [0.15, 0.2) is 30.2 Å². The lowest BCUT2D eigenvalue weighted by Crippen LogP contribution is -2.05. The van der Waals surface area contributed by atoms with E-state index in [0.29, 0.717) is 0 Å². The molecule has 0 amide bonds. The van der Waals surface area contributed by atoms with Gasteiger partial charge in [0.25, 0.3) is 0 Å². The highest BCUT2D eigenvalue weighted by Crippen LogP contribution is 2.30. The molecule has 1 aliphatic carbocycles. The van der Waals surface area contributed by atoms with Gasteiger partial charge in [-0.05, 0) is 12.1 Å². The number of ether oxygens (including phenoxy) is 1. The second-order valence-corrected chi connectivity index (χ2v) is 2.86. The van der Waals surface area contributed by atoms with Crippen molar-refractivity contribution in [2.24, 2.45) is 0 Å². The smallest absolute Gasteiger partial charge is 0.417 e. The van der Waals surface area contributed by atoms with Crippen LogP contribution in [0, 0.1) is 0 Å². The van der Waals surface area contributed by atoms with Gasteiger partial charge in [-0.2, -0.15) is 13.2 Å². The van der Waals surface area contributed by atoms with Crippen LogP contribution >= 0.6 is 0 Å². The van der Waals surface area contributed by atoms with Gasteiger partial charge in [0.05, 0.1) is 5.56 Å². The summed E-state index contributed by atoms with van der Waals surface area (Å²) < 4.78 is 41.4. The number of nitrogens with zero attached hydrogens (tertiary/aromatic N) is 1. The third-order valence-corrected chi connectivity index (χ3v) is 1.67. The van der Waals surface area contributed by atoms with E-state index >= 15 is 0 Å². The van der Waals surface area contributed by atoms with Crippen molar-refractivity contribution in [2.75, 3.05) is 0 Å². The summed E-state index contributed by atoms with van der Waals surface area (Å²) in [4.78, 5) is 3.54. The molecule has 0 radical (unpaired) electrons. The van der Waals surface area contributed by atoms with Gasteiger partial charge >= 0.3 is 6.18 Å². The molecule has 1 aromatic heterocycles. The summed E-state index contributed by atoms with van der Waals surface area (Å²) in [5, 5.41) is 0. The first kappa shape index (κ1) is 9.05. The van der Waals surface area contributed by atoms with Crippen LogP contribution in [0.5, 0.6) is 5.88 Å². The Bertz CT molecular complexity index is 367. The molecular weight excluding hydrogens is 195 g/mol. The summed E-state index contributed by atoms with van der Waals surface area (Å²) >= 11 is 0. The predicted octanol–water partition coefficient (Wildman–Crippen LogP) is 2.77. The van der Waals surface area contributed by atoms with Gasteiger partial charge in [-0.3, -0.25) is 0 Å². The number of alkyl halides is 3. The normalized spacial score (nSPS) is 14.9. The van der Waals surface area contributed by atoms with Crippen LogP contribution in [-0.2, 0) is 6.18 Å². The van der Waals surface area contributed by atoms with Gasteiger partial charge in [-0.1, -0.05) is 0 Å². The quantitative estimate of drug-likeness (QED) is 0.733. The Kier molecular flexibility index (Phi) is 1.94. The molecule has 0 aromatic carbocycles. The maximum atomic E-state index is 12.1. The third kappa shape index (κ3) is 2.04. The minimum Gasteiger partial charge on any atom is -0.443 e. The standard InChI is InChI=1S/C9H6F3NO/c10-9(11,12)6-1-4-8(13-5-6)14-7-2-3-7/h1-2,4-5H,3H2. The summed E-state index contributed by atoms with van der Waals surface area (Å²) in [5.74, 6) is 0.944. The zero-order chi connectivity index (χ0) is 10.2. The minimum atomic E-state index is -4.34. The lowest BCUT2D eigenvalue weighted by atomic mass is 10.3. The minimum absolute atomic E-state index is 0.196. The molecule has 0 aliphatic heterocycles. The Balaban J connectivity index is 2.13. The molecule has 0 bridgehead atoms. The monoisotopic (exact) mass is 201 g/mol. The van der Waals surface area contributed by atoms with E-state index in [2.05, 4.69) is 4.98 Å². The second kappa shape index (κ2) is 3.01. The second-order valence-electron chi connectivity index (χ2n) is 2.86. The highest BCUT2D eigenvalue weighted by molar-refractivity contribution is 5.25. The van der Waals surface area contributed by atoms with Gasteiger partial charge in [0, 0.05) is 18.7 Å². The molecule has 0 unspecified atom stereocenters. The topological polar surface area (TPSA) is 22.1 Å². The molecular formula is C9H6F3NO. The summed E-state index contributed by atoms with van der Waals surface area (Å²) in [5.41, 5.74) is -0.769. The van der Waals surface area contributed by atoms with Crippen molar-refractivity contribution in [1.29, 1.82) is 0 Å². The van der Waals surface area contributed by atoms with E-state index in [-0.39, 0.29) is 5.88 Å². The van der Waals surface area contributed by atoms with Crippen molar-refractivity contribution in [3.8, 4) is 5.88 Å². The average Bonchev–Trinajstić information content (AvgIpc) is 2.88. The lowest BCUT2D eigenvalue weighted by Gasteiger charge is -2.06. The number of allylic oxidation sites excluding steroid dienone is 2. The Morgan fingerprint density at radius 1 is 1.29 bits per heavy atom. The predicted molar refractivity (Wildman–Crippen MR) is 42.6 cm³/mol.